The normalized spacial score (nSPS) is 11.6. The Morgan fingerprint density at radius 2 is 2.23 bits per heavy atom. The standard InChI is InChI=1S/C9H17N3S/c1-9(2,3)4-5-11-8-6-7(10)12-13-8/h6,11H,4-5H2,1-3H3,(H2,10,12). The summed E-state index contributed by atoms with van der Waals surface area (Å²) in [6.07, 6.45) is 1.14. The first kappa shape index (κ1) is 10.3. The minimum atomic E-state index is 0.378. The Balaban J connectivity index is 2.28. The lowest BCUT2D eigenvalue weighted by molar-refractivity contribution is 0.390. The highest BCUT2D eigenvalue weighted by molar-refractivity contribution is 7.10. The fourth-order valence-electron chi connectivity index (χ4n) is 0.933. The number of nitrogens with one attached hydrogen (secondary N) is 1. The maximum atomic E-state index is 5.50. The summed E-state index contributed by atoms with van der Waals surface area (Å²) in [5.74, 6) is 0.600. The minimum absolute atomic E-state index is 0.378. The van der Waals surface area contributed by atoms with Gasteiger partial charge in [-0.25, -0.2) is 0 Å². The lowest BCUT2D eigenvalue weighted by atomic mass is 9.92. The van der Waals surface area contributed by atoms with Crippen molar-refractivity contribution in [1.82, 2.24) is 4.37 Å². The number of aromatic nitrogens is 1. The smallest absolute Gasteiger partial charge is 0.139 e. The molecule has 0 radical (unpaired) electrons. The molecule has 1 rings (SSSR count). The van der Waals surface area contributed by atoms with E-state index in [0.29, 0.717) is 11.2 Å². The topological polar surface area (TPSA) is 50.9 Å². The second-order valence-corrected chi connectivity index (χ2v) is 5.16. The van der Waals surface area contributed by atoms with E-state index in [2.05, 4.69) is 30.5 Å². The predicted molar refractivity (Wildman–Crippen MR) is 59.1 cm³/mol. The summed E-state index contributed by atoms with van der Waals surface area (Å²) in [4.78, 5) is 0. The van der Waals surface area contributed by atoms with Crippen LogP contribution in [0, 0.1) is 5.41 Å². The zero-order valence-corrected chi connectivity index (χ0v) is 9.24. The first-order valence-corrected chi connectivity index (χ1v) is 5.21. The van der Waals surface area contributed by atoms with Crippen LogP contribution in [0.3, 0.4) is 0 Å². The summed E-state index contributed by atoms with van der Waals surface area (Å²) in [6, 6.07) is 1.87. The van der Waals surface area contributed by atoms with Crippen LogP contribution < -0.4 is 11.1 Å². The van der Waals surface area contributed by atoms with E-state index in [1.807, 2.05) is 6.07 Å². The summed E-state index contributed by atoms with van der Waals surface area (Å²) in [7, 11) is 0. The molecule has 3 N–H and O–H groups in total. The van der Waals surface area contributed by atoms with Crippen LogP contribution in [0.2, 0.25) is 0 Å². The third kappa shape index (κ3) is 4.12. The van der Waals surface area contributed by atoms with Gasteiger partial charge in [-0.1, -0.05) is 20.8 Å². The third-order valence-corrected chi connectivity index (χ3v) is 2.46. The van der Waals surface area contributed by atoms with E-state index in [0.717, 1.165) is 18.0 Å². The highest BCUT2D eigenvalue weighted by Crippen LogP contribution is 2.21. The van der Waals surface area contributed by atoms with Crippen molar-refractivity contribution in [2.75, 3.05) is 17.6 Å². The van der Waals surface area contributed by atoms with Gasteiger partial charge >= 0.3 is 0 Å². The van der Waals surface area contributed by atoms with E-state index in [-0.39, 0.29) is 0 Å². The zero-order valence-electron chi connectivity index (χ0n) is 8.42. The number of anilines is 2. The van der Waals surface area contributed by atoms with Gasteiger partial charge in [-0.3, -0.25) is 0 Å². The second kappa shape index (κ2) is 3.96. The van der Waals surface area contributed by atoms with Gasteiger partial charge < -0.3 is 11.1 Å². The molecule has 0 aliphatic rings. The minimum Gasteiger partial charge on any atom is -0.383 e. The van der Waals surface area contributed by atoms with Crippen LogP contribution >= 0.6 is 11.5 Å². The van der Waals surface area contributed by atoms with Crippen LogP contribution in [0.15, 0.2) is 6.07 Å². The van der Waals surface area contributed by atoms with Crippen molar-refractivity contribution in [1.29, 1.82) is 0 Å². The van der Waals surface area contributed by atoms with E-state index in [4.69, 9.17) is 5.73 Å². The van der Waals surface area contributed by atoms with Gasteiger partial charge in [0, 0.05) is 12.6 Å². The van der Waals surface area contributed by atoms with Crippen LogP contribution in [-0.2, 0) is 0 Å². The maximum Gasteiger partial charge on any atom is 0.139 e. The highest BCUT2D eigenvalue weighted by Gasteiger charge is 2.09. The molecule has 0 spiro atoms. The lowest BCUT2D eigenvalue weighted by Gasteiger charge is -2.17. The van der Waals surface area contributed by atoms with Gasteiger partial charge in [0.2, 0.25) is 0 Å². The molecule has 0 atom stereocenters. The van der Waals surface area contributed by atoms with E-state index >= 15 is 0 Å². The Bertz CT molecular complexity index is 262. The monoisotopic (exact) mass is 199 g/mol. The molecule has 0 saturated heterocycles. The summed E-state index contributed by atoms with van der Waals surface area (Å²) in [6.45, 7) is 7.67. The number of hydrogen-bond acceptors (Lipinski definition) is 4. The Morgan fingerprint density at radius 3 is 2.69 bits per heavy atom. The van der Waals surface area contributed by atoms with Crippen LogP contribution in [0.4, 0.5) is 10.8 Å². The largest absolute Gasteiger partial charge is 0.383 e. The van der Waals surface area contributed by atoms with Gasteiger partial charge in [-0.05, 0) is 23.4 Å². The molecule has 3 nitrogen and oxygen atoms in total. The summed E-state index contributed by atoms with van der Waals surface area (Å²) >= 11 is 1.41. The Hall–Kier alpha value is -0.770. The molecule has 0 fully saturated rings. The highest BCUT2D eigenvalue weighted by atomic mass is 32.1. The van der Waals surface area contributed by atoms with Crippen molar-refractivity contribution in [3.05, 3.63) is 6.07 Å². The number of nitrogen functional groups attached to an aromatic ring is 1. The van der Waals surface area contributed by atoms with E-state index in [1.54, 1.807) is 0 Å². The van der Waals surface area contributed by atoms with Gasteiger partial charge in [-0.2, -0.15) is 4.37 Å². The third-order valence-electron chi connectivity index (χ3n) is 1.70. The van der Waals surface area contributed by atoms with Crippen molar-refractivity contribution in [2.24, 2.45) is 5.41 Å². The molecule has 0 saturated carbocycles. The molecule has 0 amide bonds. The molecule has 1 aromatic rings. The van der Waals surface area contributed by atoms with Gasteiger partial charge in [-0.15, -0.1) is 0 Å². The molecular weight excluding hydrogens is 182 g/mol. The quantitative estimate of drug-likeness (QED) is 0.786. The van der Waals surface area contributed by atoms with Gasteiger partial charge in [0.25, 0.3) is 0 Å². The molecule has 74 valence electrons. The van der Waals surface area contributed by atoms with Crippen molar-refractivity contribution in [3.8, 4) is 0 Å². The van der Waals surface area contributed by atoms with Gasteiger partial charge in [0.15, 0.2) is 0 Å². The van der Waals surface area contributed by atoms with Gasteiger partial charge in [0.05, 0.1) is 0 Å². The fourth-order valence-corrected chi connectivity index (χ4v) is 1.53. The number of nitrogens with two attached hydrogens (primary N) is 1. The molecule has 0 aliphatic carbocycles. The molecule has 0 bridgehead atoms. The second-order valence-electron chi connectivity index (χ2n) is 4.35. The first-order chi connectivity index (χ1) is 5.97. The average Bonchev–Trinajstić information content (AvgIpc) is 2.33. The maximum absolute atomic E-state index is 5.50. The molecule has 1 aromatic heterocycles. The first-order valence-electron chi connectivity index (χ1n) is 4.43. The number of rotatable bonds is 3. The molecule has 13 heavy (non-hydrogen) atoms. The Kier molecular flexibility index (Phi) is 3.14. The molecule has 0 unspecified atom stereocenters. The van der Waals surface area contributed by atoms with Crippen LogP contribution in [-0.4, -0.2) is 10.9 Å². The Labute approximate surface area is 83.5 Å². The molecule has 0 aromatic carbocycles. The lowest BCUT2D eigenvalue weighted by Crippen LogP contribution is -2.12. The Morgan fingerprint density at radius 1 is 1.54 bits per heavy atom. The van der Waals surface area contributed by atoms with Crippen LogP contribution in [0.1, 0.15) is 27.2 Å². The summed E-state index contributed by atoms with van der Waals surface area (Å²) in [5, 5.41) is 4.36. The van der Waals surface area contributed by atoms with E-state index < -0.39 is 0 Å². The van der Waals surface area contributed by atoms with Crippen molar-refractivity contribution in [2.45, 2.75) is 27.2 Å². The van der Waals surface area contributed by atoms with Gasteiger partial charge in [0.1, 0.15) is 10.8 Å². The zero-order chi connectivity index (χ0) is 9.90. The number of hydrogen-bond donors (Lipinski definition) is 2. The predicted octanol–water partition coefficient (Wildman–Crippen LogP) is 2.57. The van der Waals surface area contributed by atoms with E-state index in [9.17, 15) is 0 Å². The molecular formula is C9H17N3S. The average molecular weight is 199 g/mol. The molecule has 0 aliphatic heterocycles. The van der Waals surface area contributed by atoms with Crippen molar-refractivity contribution < 1.29 is 0 Å². The van der Waals surface area contributed by atoms with Crippen molar-refractivity contribution >= 4 is 22.4 Å². The number of nitrogens with zero attached hydrogens (tertiary/aromatic N) is 1. The van der Waals surface area contributed by atoms with Crippen LogP contribution in [0.25, 0.3) is 0 Å². The summed E-state index contributed by atoms with van der Waals surface area (Å²) < 4.78 is 3.99. The van der Waals surface area contributed by atoms with Crippen molar-refractivity contribution in [3.63, 3.8) is 0 Å². The molecule has 4 heteroatoms. The van der Waals surface area contributed by atoms with E-state index in [1.165, 1.54) is 11.5 Å². The summed E-state index contributed by atoms with van der Waals surface area (Å²) in [5.41, 5.74) is 5.87. The SMILES string of the molecule is CC(C)(C)CCNc1cc(N)ns1. The molecule has 1 heterocycles. The van der Waals surface area contributed by atoms with Crippen LogP contribution in [0.5, 0.6) is 0 Å². The fraction of sp³-hybridized carbons (Fsp3) is 0.667.